The highest BCUT2D eigenvalue weighted by Crippen LogP contribution is 2.49. The quantitative estimate of drug-likeness (QED) is 0.102. The third-order valence-electron chi connectivity index (χ3n) is 12.4. The molecule has 3 nitrogen and oxygen atoms in total. The first-order valence-corrected chi connectivity index (χ1v) is 21.2. The standard InChI is InChI=1S/C59H45N3/c1-5-8-27-56-39(4)53-36-45(49-24-16-15-23-48(49)44-32-34-52-51-26-18-17-25-50(51)46(6-2)47(7-3)54(52)37-44)33-35-57(53)62(56)58-38-55(60-59(61-58)43-21-13-10-14-22-43)42-30-28-41(29-31-42)40-19-11-9-12-20-40/h5-38,46-47H,1-3H2,4H3/b27-8-. The lowest BCUT2D eigenvalue weighted by Crippen LogP contribution is -2.14. The van der Waals surface area contributed by atoms with E-state index in [4.69, 9.17) is 9.97 Å². The Hall–Kier alpha value is -7.88. The van der Waals surface area contributed by atoms with E-state index in [0.29, 0.717) is 5.82 Å². The van der Waals surface area contributed by atoms with Gasteiger partial charge in [-0.1, -0.05) is 183 Å². The van der Waals surface area contributed by atoms with Crippen molar-refractivity contribution in [3.63, 3.8) is 0 Å². The number of aryl methyl sites for hydroxylation is 1. The first-order chi connectivity index (χ1) is 30.5. The van der Waals surface area contributed by atoms with Crippen molar-refractivity contribution in [1.82, 2.24) is 14.5 Å². The first kappa shape index (κ1) is 38.3. The Morgan fingerprint density at radius 1 is 0.484 bits per heavy atom. The van der Waals surface area contributed by atoms with Crippen LogP contribution in [0.5, 0.6) is 0 Å². The molecule has 1 aliphatic rings. The third-order valence-corrected chi connectivity index (χ3v) is 12.4. The summed E-state index contributed by atoms with van der Waals surface area (Å²) in [6.45, 7) is 14.8. The van der Waals surface area contributed by atoms with E-state index in [0.717, 1.165) is 55.9 Å². The molecule has 2 aromatic heterocycles. The molecule has 0 saturated heterocycles. The summed E-state index contributed by atoms with van der Waals surface area (Å²) in [6, 6.07) is 62.6. The Balaban J connectivity index is 1.11. The fourth-order valence-electron chi connectivity index (χ4n) is 9.32. The minimum absolute atomic E-state index is 0.128. The topological polar surface area (TPSA) is 30.7 Å². The van der Waals surface area contributed by atoms with E-state index in [2.05, 4.69) is 201 Å². The Morgan fingerprint density at radius 2 is 1.03 bits per heavy atom. The Labute approximate surface area is 364 Å². The Morgan fingerprint density at radius 3 is 1.73 bits per heavy atom. The summed E-state index contributed by atoms with van der Waals surface area (Å²) < 4.78 is 2.27. The van der Waals surface area contributed by atoms with Gasteiger partial charge in [-0.25, -0.2) is 9.97 Å². The molecule has 0 N–H and O–H groups in total. The second-order valence-electron chi connectivity index (χ2n) is 15.9. The summed E-state index contributed by atoms with van der Waals surface area (Å²) in [6.07, 6.45) is 10.1. The van der Waals surface area contributed by atoms with Crippen molar-refractivity contribution in [2.75, 3.05) is 0 Å². The van der Waals surface area contributed by atoms with Crippen LogP contribution in [0.1, 0.15) is 34.2 Å². The summed E-state index contributed by atoms with van der Waals surface area (Å²) >= 11 is 0. The molecule has 296 valence electrons. The molecule has 7 aromatic carbocycles. The molecular weight excluding hydrogens is 751 g/mol. The van der Waals surface area contributed by atoms with Crippen molar-refractivity contribution in [1.29, 1.82) is 0 Å². The van der Waals surface area contributed by atoms with E-state index in [1.807, 2.05) is 36.4 Å². The minimum atomic E-state index is 0.128. The van der Waals surface area contributed by atoms with Gasteiger partial charge in [0, 0.05) is 34.4 Å². The minimum Gasteiger partial charge on any atom is -0.294 e. The number of hydrogen-bond acceptors (Lipinski definition) is 2. The van der Waals surface area contributed by atoms with Crippen molar-refractivity contribution in [2.45, 2.75) is 18.8 Å². The van der Waals surface area contributed by atoms with Gasteiger partial charge in [-0.15, -0.1) is 13.2 Å². The summed E-state index contributed by atoms with van der Waals surface area (Å²) in [5.74, 6) is 1.75. The largest absolute Gasteiger partial charge is 0.294 e. The maximum absolute atomic E-state index is 5.28. The van der Waals surface area contributed by atoms with Gasteiger partial charge in [0.1, 0.15) is 5.82 Å². The molecule has 0 radical (unpaired) electrons. The molecule has 1 aliphatic carbocycles. The molecule has 9 aromatic rings. The zero-order chi connectivity index (χ0) is 42.2. The van der Waals surface area contributed by atoms with Gasteiger partial charge in [0.2, 0.25) is 0 Å². The van der Waals surface area contributed by atoms with Crippen LogP contribution in [0.2, 0.25) is 0 Å². The molecule has 2 heterocycles. The molecule has 2 unspecified atom stereocenters. The molecule has 3 heteroatoms. The second kappa shape index (κ2) is 16.3. The van der Waals surface area contributed by atoms with Crippen LogP contribution >= 0.6 is 0 Å². The van der Waals surface area contributed by atoms with Gasteiger partial charge in [0.25, 0.3) is 0 Å². The van der Waals surface area contributed by atoms with Crippen molar-refractivity contribution >= 4 is 17.0 Å². The van der Waals surface area contributed by atoms with Crippen LogP contribution < -0.4 is 0 Å². The van der Waals surface area contributed by atoms with Crippen LogP contribution in [0.3, 0.4) is 0 Å². The first-order valence-electron chi connectivity index (χ1n) is 21.2. The number of hydrogen-bond donors (Lipinski definition) is 0. The van der Waals surface area contributed by atoms with Crippen LogP contribution in [-0.4, -0.2) is 14.5 Å². The smallest absolute Gasteiger partial charge is 0.162 e. The molecular formula is C59H45N3. The molecule has 0 bridgehead atoms. The van der Waals surface area contributed by atoms with Gasteiger partial charge < -0.3 is 0 Å². The van der Waals surface area contributed by atoms with Crippen molar-refractivity contribution < 1.29 is 0 Å². The number of aromatic nitrogens is 3. The van der Waals surface area contributed by atoms with Crippen LogP contribution in [0.25, 0.3) is 89.9 Å². The lowest BCUT2D eigenvalue weighted by Gasteiger charge is -2.32. The van der Waals surface area contributed by atoms with Crippen molar-refractivity contribution in [3.8, 4) is 73.0 Å². The van der Waals surface area contributed by atoms with Gasteiger partial charge in [-0.3, -0.25) is 4.57 Å². The van der Waals surface area contributed by atoms with Gasteiger partial charge >= 0.3 is 0 Å². The fourth-order valence-corrected chi connectivity index (χ4v) is 9.32. The van der Waals surface area contributed by atoms with E-state index in [-0.39, 0.29) is 11.8 Å². The number of rotatable bonds is 10. The van der Waals surface area contributed by atoms with Gasteiger partial charge in [-0.2, -0.15) is 0 Å². The average molecular weight is 796 g/mol. The predicted octanol–water partition coefficient (Wildman–Crippen LogP) is 15.5. The monoisotopic (exact) mass is 795 g/mol. The SMILES string of the molecule is C=C/C=C\c1c(C)c2cc(-c3ccccc3-c3ccc4c(c3)C(C=C)C(C=C)c3ccccc3-4)ccc2n1-c1cc(-c2ccc(-c3ccccc3)cc2)nc(-c2ccccc2)n1. The molecule has 0 fully saturated rings. The number of allylic oxidation sites excluding steroid dienone is 4. The Kier molecular flexibility index (Phi) is 10.1. The van der Waals surface area contributed by atoms with Gasteiger partial charge in [-0.05, 0) is 92.4 Å². The summed E-state index contributed by atoms with van der Waals surface area (Å²) in [5.41, 5.74) is 18.2. The maximum Gasteiger partial charge on any atom is 0.162 e. The van der Waals surface area contributed by atoms with Crippen LogP contribution in [0.15, 0.2) is 220 Å². The van der Waals surface area contributed by atoms with E-state index in [1.54, 1.807) is 0 Å². The molecule has 2 atom stereocenters. The van der Waals surface area contributed by atoms with Crippen molar-refractivity contribution in [2.24, 2.45) is 0 Å². The average Bonchev–Trinajstić information content (AvgIpc) is 3.62. The molecule has 0 spiro atoms. The number of benzene rings is 7. The number of fused-ring (bicyclic) bond motifs is 4. The molecule has 0 aliphatic heterocycles. The normalized spacial score (nSPS) is 14.3. The number of nitrogens with zero attached hydrogens (tertiary/aromatic N) is 3. The zero-order valence-electron chi connectivity index (χ0n) is 34.7. The third kappa shape index (κ3) is 6.74. The molecule has 0 saturated carbocycles. The Bertz CT molecular complexity index is 3190. The van der Waals surface area contributed by atoms with Crippen LogP contribution in [-0.2, 0) is 0 Å². The van der Waals surface area contributed by atoms with E-state index in [1.165, 1.54) is 44.5 Å². The molecule has 62 heavy (non-hydrogen) atoms. The van der Waals surface area contributed by atoms with E-state index < -0.39 is 0 Å². The summed E-state index contributed by atoms with van der Waals surface area (Å²) in [4.78, 5) is 10.4. The molecule has 0 amide bonds. The summed E-state index contributed by atoms with van der Waals surface area (Å²) in [5, 5.41) is 1.15. The van der Waals surface area contributed by atoms with Gasteiger partial charge in [0.15, 0.2) is 5.82 Å². The van der Waals surface area contributed by atoms with Crippen LogP contribution in [0, 0.1) is 6.92 Å². The highest BCUT2D eigenvalue weighted by Gasteiger charge is 2.30. The second-order valence-corrected chi connectivity index (χ2v) is 15.9. The maximum atomic E-state index is 5.28. The lowest BCUT2D eigenvalue weighted by atomic mass is 9.71. The van der Waals surface area contributed by atoms with Gasteiger partial charge in [0.05, 0.1) is 16.9 Å². The zero-order valence-corrected chi connectivity index (χ0v) is 34.7. The highest BCUT2D eigenvalue weighted by molar-refractivity contribution is 5.96. The van der Waals surface area contributed by atoms with Crippen molar-refractivity contribution in [3.05, 3.63) is 242 Å². The van der Waals surface area contributed by atoms with E-state index >= 15 is 0 Å². The van der Waals surface area contributed by atoms with E-state index in [9.17, 15) is 0 Å². The fraction of sp³-hybridized carbons (Fsp3) is 0.0508. The molecule has 10 rings (SSSR count). The predicted molar refractivity (Wildman–Crippen MR) is 261 cm³/mol. The van der Waals surface area contributed by atoms with Crippen LogP contribution in [0.4, 0.5) is 0 Å². The summed E-state index contributed by atoms with van der Waals surface area (Å²) in [7, 11) is 0. The lowest BCUT2D eigenvalue weighted by molar-refractivity contribution is 0.731. The highest BCUT2D eigenvalue weighted by atomic mass is 15.1.